The fourth-order valence-corrected chi connectivity index (χ4v) is 3.27. The zero-order valence-corrected chi connectivity index (χ0v) is 13.9. The molecule has 1 aliphatic carbocycles. The second-order valence-corrected chi connectivity index (χ2v) is 6.50. The number of halogens is 1. The SMILES string of the molecule is CCC1(c2nc(F)c3cnc(N)nn23)CCC1.OC1CCCOC1. The average molecular weight is 337 g/mol. The van der Waals surface area contributed by atoms with Crippen molar-refractivity contribution in [3.8, 4) is 0 Å². The summed E-state index contributed by atoms with van der Waals surface area (Å²) in [5.41, 5.74) is 5.82. The van der Waals surface area contributed by atoms with Gasteiger partial charge in [-0.25, -0.2) is 14.5 Å². The predicted molar refractivity (Wildman–Crippen MR) is 87.0 cm³/mol. The van der Waals surface area contributed by atoms with Gasteiger partial charge in [-0.3, -0.25) is 0 Å². The largest absolute Gasteiger partial charge is 0.391 e. The fraction of sp³-hybridized carbons (Fsp3) is 0.688. The molecule has 1 aliphatic heterocycles. The molecule has 3 heterocycles. The number of nitrogens with zero attached hydrogens (tertiary/aromatic N) is 4. The topological polar surface area (TPSA) is 98.6 Å². The van der Waals surface area contributed by atoms with E-state index < -0.39 is 5.95 Å². The number of nitrogens with two attached hydrogens (primary N) is 1. The lowest BCUT2D eigenvalue weighted by Gasteiger charge is -2.39. The van der Waals surface area contributed by atoms with Gasteiger partial charge >= 0.3 is 0 Å². The van der Waals surface area contributed by atoms with Crippen molar-refractivity contribution >= 4 is 11.5 Å². The Morgan fingerprint density at radius 1 is 1.46 bits per heavy atom. The van der Waals surface area contributed by atoms with Crippen molar-refractivity contribution in [1.29, 1.82) is 0 Å². The highest BCUT2D eigenvalue weighted by molar-refractivity contribution is 5.46. The van der Waals surface area contributed by atoms with Crippen LogP contribution in [0.15, 0.2) is 6.20 Å². The standard InChI is InChI=1S/C11H14FN5.C5H10O2/c1-2-11(4-3-5-11)9-15-8(12)7-6-14-10(13)16-17(7)9;6-5-2-1-3-7-4-5/h6H,2-5H2,1H3,(H2,13,16);5-6H,1-4H2. The minimum absolute atomic E-state index is 0.0337. The lowest BCUT2D eigenvalue weighted by Crippen LogP contribution is -2.36. The number of anilines is 1. The van der Waals surface area contributed by atoms with Crippen molar-refractivity contribution in [3.05, 3.63) is 18.0 Å². The van der Waals surface area contributed by atoms with Crippen LogP contribution in [-0.2, 0) is 10.2 Å². The normalized spacial score (nSPS) is 22.5. The molecular formula is C16H24FN5O2. The Labute approximate surface area is 140 Å². The van der Waals surface area contributed by atoms with Crippen molar-refractivity contribution in [2.75, 3.05) is 18.9 Å². The number of aromatic nitrogens is 4. The molecule has 4 rings (SSSR count). The van der Waals surface area contributed by atoms with Crippen LogP contribution in [-0.4, -0.2) is 44.0 Å². The first-order valence-electron chi connectivity index (χ1n) is 8.49. The maximum absolute atomic E-state index is 13.7. The molecule has 2 aromatic rings. The summed E-state index contributed by atoms with van der Waals surface area (Å²) in [6.45, 7) is 3.47. The molecule has 24 heavy (non-hydrogen) atoms. The highest BCUT2D eigenvalue weighted by Crippen LogP contribution is 2.45. The summed E-state index contributed by atoms with van der Waals surface area (Å²) in [5, 5.41) is 12.9. The molecule has 1 saturated carbocycles. The molecule has 0 amide bonds. The first kappa shape index (κ1) is 17.0. The third kappa shape index (κ3) is 3.21. The third-order valence-electron chi connectivity index (χ3n) is 4.96. The molecular weight excluding hydrogens is 313 g/mol. The first-order chi connectivity index (χ1) is 11.6. The van der Waals surface area contributed by atoms with Crippen LogP contribution >= 0.6 is 0 Å². The van der Waals surface area contributed by atoms with Crippen LogP contribution in [0.2, 0.25) is 0 Å². The van der Waals surface area contributed by atoms with E-state index in [9.17, 15) is 4.39 Å². The lowest BCUT2D eigenvalue weighted by molar-refractivity contribution is -0.00535. The first-order valence-corrected chi connectivity index (χ1v) is 8.49. The Balaban J connectivity index is 0.000000203. The maximum atomic E-state index is 13.7. The van der Waals surface area contributed by atoms with Crippen molar-refractivity contribution in [2.24, 2.45) is 0 Å². The second-order valence-electron chi connectivity index (χ2n) is 6.50. The molecule has 0 radical (unpaired) electrons. The van der Waals surface area contributed by atoms with Gasteiger partial charge in [0.15, 0.2) is 0 Å². The zero-order valence-electron chi connectivity index (χ0n) is 13.9. The van der Waals surface area contributed by atoms with Gasteiger partial charge < -0.3 is 15.6 Å². The van der Waals surface area contributed by atoms with E-state index >= 15 is 0 Å². The average Bonchev–Trinajstić information content (AvgIpc) is 2.85. The van der Waals surface area contributed by atoms with Gasteiger partial charge in [-0.1, -0.05) is 13.3 Å². The number of hydrogen-bond acceptors (Lipinski definition) is 6. The number of rotatable bonds is 2. The smallest absolute Gasteiger partial charge is 0.242 e. The summed E-state index contributed by atoms with van der Waals surface area (Å²) >= 11 is 0. The van der Waals surface area contributed by atoms with Crippen LogP contribution < -0.4 is 5.73 Å². The Kier molecular flexibility index (Phi) is 4.96. The van der Waals surface area contributed by atoms with Crippen LogP contribution in [0.4, 0.5) is 10.3 Å². The maximum Gasteiger partial charge on any atom is 0.242 e. The van der Waals surface area contributed by atoms with E-state index in [4.69, 9.17) is 15.6 Å². The molecule has 7 nitrogen and oxygen atoms in total. The van der Waals surface area contributed by atoms with Crippen LogP contribution in [0.25, 0.3) is 5.52 Å². The van der Waals surface area contributed by atoms with E-state index in [1.807, 2.05) is 0 Å². The van der Waals surface area contributed by atoms with Crippen LogP contribution in [0, 0.1) is 5.95 Å². The van der Waals surface area contributed by atoms with Gasteiger partial charge in [-0.05, 0) is 32.1 Å². The molecule has 2 aliphatic rings. The molecule has 1 saturated heterocycles. The van der Waals surface area contributed by atoms with Gasteiger partial charge in [-0.15, -0.1) is 5.10 Å². The summed E-state index contributed by atoms with van der Waals surface area (Å²) < 4.78 is 20.2. The Hall–Kier alpha value is -1.80. The molecule has 1 unspecified atom stereocenters. The number of ether oxygens (including phenoxy) is 1. The molecule has 0 bridgehead atoms. The molecule has 8 heteroatoms. The minimum atomic E-state index is -0.514. The van der Waals surface area contributed by atoms with E-state index in [-0.39, 0.29) is 17.5 Å². The van der Waals surface area contributed by atoms with Crippen LogP contribution in [0.5, 0.6) is 0 Å². The Morgan fingerprint density at radius 2 is 2.25 bits per heavy atom. The van der Waals surface area contributed by atoms with E-state index in [1.165, 1.54) is 10.7 Å². The van der Waals surface area contributed by atoms with E-state index in [0.29, 0.717) is 17.9 Å². The van der Waals surface area contributed by atoms with Crippen LogP contribution in [0.3, 0.4) is 0 Å². The number of hydrogen-bond donors (Lipinski definition) is 2. The van der Waals surface area contributed by atoms with Crippen molar-refractivity contribution in [3.63, 3.8) is 0 Å². The molecule has 2 aromatic heterocycles. The zero-order chi connectivity index (χ0) is 17.2. The van der Waals surface area contributed by atoms with Crippen molar-refractivity contribution in [1.82, 2.24) is 19.6 Å². The summed E-state index contributed by atoms with van der Waals surface area (Å²) in [4.78, 5) is 7.83. The Morgan fingerprint density at radius 3 is 2.75 bits per heavy atom. The summed E-state index contributed by atoms with van der Waals surface area (Å²) in [6, 6.07) is 0. The van der Waals surface area contributed by atoms with Crippen molar-refractivity contribution < 1.29 is 14.2 Å². The van der Waals surface area contributed by atoms with Gasteiger partial charge in [0.1, 0.15) is 11.3 Å². The number of fused-ring (bicyclic) bond motifs is 1. The summed E-state index contributed by atoms with van der Waals surface area (Å²) in [6.07, 6.45) is 7.30. The number of aliphatic hydroxyl groups is 1. The molecule has 0 aromatic carbocycles. The predicted octanol–water partition coefficient (Wildman–Crippen LogP) is 1.84. The summed E-state index contributed by atoms with van der Waals surface area (Å²) in [7, 11) is 0. The number of nitrogen functional groups attached to an aromatic ring is 1. The van der Waals surface area contributed by atoms with Crippen molar-refractivity contribution in [2.45, 2.75) is 57.0 Å². The lowest BCUT2D eigenvalue weighted by atomic mass is 9.66. The van der Waals surface area contributed by atoms with Gasteiger partial charge in [-0.2, -0.15) is 4.39 Å². The van der Waals surface area contributed by atoms with E-state index in [0.717, 1.165) is 45.1 Å². The van der Waals surface area contributed by atoms with Gasteiger partial charge in [0, 0.05) is 12.0 Å². The molecule has 132 valence electrons. The summed E-state index contributed by atoms with van der Waals surface area (Å²) in [5.74, 6) is 0.314. The van der Waals surface area contributed by atoms with E-state index in [1.54, 1.807) is 0 Å². The Bertz CT molecular complexity index is 690. The second kappa shape index (κ2) is 6.98. The highest BCUT2D eigenvalue weighted by Gasteiger charge is 2.41. The fourth-order valence-electron chi connectivity index (χ4n) is 3.27. The number of imidazole rings is 1. The minimum Gasteiger partial charge on any atom is -0.391 e. The molecule has 0 spiro atoms. The van der Waals surface area contributed by atoms with E-state index in [2.05, 4.69) is 22.0 Å². The molecule has 2 fully saturated rings. The quantitative estimate of drug-likeness (QED) is 0.867. The number of aliphatic hydroxyl groups excluding tert-OH is 1. The molecule has 3 N–H and O–H groups in total. The van der Waals surface area contributed by atoms with Gasteiger partial charge in [0.05, 0.1) is 18.9 Å². The van der Waals surface area contributed by atoms with Crippen LogP contribution in [0.1, 0.15) is 51.3 Å². The van der Waals surface area contributed by atoms with Gasteiger partial charge in [0.2, 0.25) is 11.9 Å². The molecule has 1 atom stereocenters. The van der Waals surface area contributed by atoms with Gasteiger partial charge in [0.25, 0.3) is 0 Å². The highest BCUT2D eigenvalue weighted by atomic mass is 19.1. The third-order valence-corrected chi connectivity index (χ3v) is 4.96. The monoisotopic (exact) mass is 337 g/mol.